The number of hydrogen-bond acceptors (Lipinski definition) is 2. The maximum atomic E-state index is 5.95. The highest BCUT2D eigenvalue weighted by Gasteiger charge is 2.17. The highest BCUT2D eigenvalue weighted by molar-refractivity contribution is 6.31. The van der Waals surface area contributed by atoms with E-state index in [9.17, 15) is 0 Å². The summed E-state index contributed by atoms with van der Waals surface area (Å²) < 4.78 is 5.86. The molecule has 0 spiro atoms. The highest BCUT2D eigenvalue weighted by atomic mass is 35.5. The summed E-state index contributed by atoms with van der Waals surface area (Å²) in [6, 6.07) is 0. The first-order chi connectivity index (χ1) is 5.40. The van der Waals surface area contributed by atoms with Gasteiger partial charge in [-0.1, -0.05) is 16.8 Å². The zero-order valence-electron chi connectivity index (χ0n) is 7.89. The number of nitrogens with zero attached hydrogens (tertiary/aromatic N) is 2. The molecule has 0 N–H and O–H groups in total. The molecule has 1 heterocycles. The molecule has 0 saturated heterocycles. The van der Waals surface area contributed by atoms with Gasteiger partial charge in [0.1, 0.15) is 11.6 Å². The van der Waals surface area contributed by atoms with Gasteiger partial charge in [0.15, 0.2) is 0 Å². The molecule has 0 radical (unpaired) electrons. The van der Waals surface area contributed by atoms with Crippen molar-refractivity contribution < 1.29 is 9.01 Å². The average molecular weight is 190 g/mol. The first-order valence-electron chi connectivity index (χ1n) is 3.81. The van der Waals surface area contributed by atoms with E-state index in [1.807, 2.05) is 6.92 Å². The molecular formula is C8H14ClN2O+. The van der Waals surface area contributed by atoms with Crippen LogP contribution in [-0.4, -0.2) is 30.8 Å². The van der Waals surface area contributed by atoms with Crippen LogP contribution in [0.3, 0.4) is 0 Å². The van der Waals surface area contributed by atoms with Crippen molar-refractivity contribution in [2.24, 2.45) is 0 Å². The molecule has 0 bridgehead atoms. The van der Waals surface area contributed by atoms with E-state index in [4.69, 9.17) is 16.1 Å². The van der Waals surface area contributed by atoms with Crippen LogP contribution in [0.4, 0.5) is 0 Å². The molecule has 0 amide bonds. The van der Waals surface area contributed by atoms with E-state index in [0.717, 1.165) is 22.5 Å². The fourth-order valence-corrected chi connectivity index (χ4v) is 1.06. The number of rotatable bonds is 2. The van der Waals surface area contributed by atoms with Gasteiger partial charge in [0.2, 0.25) is 5.76 Å². The van der Waals surface area contributed by atoms with Crippen molar-refractivity contribution >= 4 is 11.6 Å². The highest BCUT2D eigenvalue weighted by Crippen LogP contribution is 2.21. The fourth-order valence-electron chi connectivity index (χ4n) is 0.935. The summed E-state index contributed by atoms with van der Waals surface area (Å²) in [7, 11) is 6.23. The Kier molecular flexibility index (Phi) is 2.44. The summed E-state index contributed by atoms with van der Waals surface area (Å²) in [6.45, 7) is 2.60. The molecule has 0 unspecified atom stereocenters. The summed E-state index contributed by atoms with van der Waals surface area (Å²) in [4.78, 5) is 0. The Bertz CT molecular complexity index is 275. The van der Waals surface area contributed by atoms with Crippen LogP contribution in [0.5, 0.6) is 0 Å². The van der Waals surface area contributed by atoms with Gasteiger partial charge >= 0.3 is 0 Å². The van der Waals surface area contributed by atoms with Crippen LogP contribution in [0.25, 0.3) is 0 Å². The fraction of sp³-hybridized carbons (Fsp3) is 0.625. The maximum Gasteiger partial charge on any atom is 0.209 e. The van der Waals surface area contributed by atoms with E-state index >= 15 is 0 Å². The Morgan fingerprint density at radius 2 is 2.00 bits per heavy atom. The van der Waals surface area contributed by atoms with Crippen LogP contribution in [0.2, 0.25) is 5.02 Å². The van der Waals surface area contributed by atoms with Crippen LogP contribution in [0.1, 0.15) is 11.5 Å². The number of quaternary nitrogens is 1. The minimum Gasteiger partial charge on any atom is -0.353 e. The predicted molar refractivity (Wildman–Crippen MR) is 48.0 cm³/mol. The minimum absolute atomic E-state index is 0.656. The molecule has 0 aliphatic rings. The topological polar surface area (TPSA) is 26.0 Å². The van der Waals surface area contributed by atoms with E-state index in [1.165, 1.54) is 0 Å². The summed E-state index contributed by atoms with van der Waals surface area (Å²) in [5, 5.41) is 4.44. The normalized spacial score (nSPS) is 12.1. The van der Waals surface area contributed by atoms with E-state index in [1.54, 1.807) is 0 Å². The van der Waals surface area contributed by atoms with Crippen molar-refractivity contribution in [3.8, 4) is 0 Å². The van der Waals surface area contributed by atoms with Crippen molar-refractivity contribution in [3.63, 3.8) is 0 Å². The number of aromatic nitrogens is 1. The quantitative estimate of drug-likeness (QED) is 0.664. The molecule has 1 aromatic rings. The van der Waals surface area contributed by atoms with Gasteiger partial charge in [0.05, 0.1) is 26.8 Å². The van der Waals surface area contributed by atoms with Crippen molar-refractivity contribution in [1.82, 2.24) is 5.16 Å². The monoisotopic (exact) mass is 189 g/mol. The number of halogens is 1. The zero-order valence-corrected chi connectivity index (χ0v) is 8.64. The number of aryl methyl sites for hydroxylation is 1. The summed E-state index contributed by atoms with van der Waals surface area (Å²) in [6.07, 6.45) is 0. The standard InChI is InChI=1S/C8H14ClN2O/c1-6-8(9)7(12-10-6)5-11(2,3)4/h5H2,1-4H3/q+1. The Balaban J connectivity index is 2.83. The zero-order chi connectivity index (χ0) is 9.35. The van der Waals surface area contributed by atoms with E-state index < -0.39 is 0 Å². The third kappa shape index (κ3) is 2.22. The lowest BCUT2D eigenvalue weighted by Gasteiger charge is -2.21. The predicted octanol–water partition coefficient (Wildman–Crippen LogP) is 1.84. The molecule has 0 fully saturated rings. The van der Waals surface area contributed by atoms with Gasteiger partial charge in [-0.25, -0.2) is 0 Å². The van der Waals surface area contributed by atoms with Gasteiger partial charge in [-0.05, 0) is 6.92 Å². The Morgan fingerprint density at radius 1 is 1.42 bits per heavy atom. The van der Waals surface area contributed by atoms with Crippen molar-refractivity contribution in [1.29, 1.82) is 0 Å². The average Bonchev–Trinajstić information content (AvgIpc) is 2.16. The summed E-state index contributed by atoms with van der Waals surface area (Å²) in [5.74, 6) is 0.765. The van der Waals surface area contributed by atoms with Gasteiger partial charge < -0.3 is 9.01 Å². The largest absolute Gasteiger partial charge is 0.353 e. The second kappa shape index (κ2) is 3.07. The molecule has 0 aliphatic carbocycles. The van der Waals surface area contributed by atoms with Gasteiger partial charge in [-0.15, -0.1) is 0 Å². The smallest absolute Gasteiger partial charge is 0.209 e. The van der Waals surface area contributed by atoms with Gasteiger partial charge in [0.25, 0.3) is 0 Å². The van der Waals surface area contributed by atoms with Gasteiger partial charge in [-0.2, -0.15) is 0 Å². The van der Waals surface area contributed by atoms with Gasteiger partial charge in [0, 0.05) is 0 Å². The van der Waals surface area contributed by atoms with Gasteiger partial charge in [-0.3, -0.25) is 0 Å². The van der Waals surface area contributed by atoms with E-state index in [2.05, 4.69) is 26.3 Å². The minimum atomic E-state index is 0.656. The first-order valence-corrected chi connectivity index (χ1v) is 4.19. The molecule has 4 heteroatoms. The molecule has 0 aliphatic heterocycles. The van der Waals surface area contributed by atoms with Crippen LogP contribution in [0, 0.1) is 6.92 Å². The molecular weight excluding hydrogens is 176 g/mol. The molecule has 0 saturated carbocycles. The SMILES string of the molecule is Cc1noc(C[N+](C)(C)C)c1Cl. The molecule has 1 rings (SSSR count). The Labute approximate surface area is 77.5 Å². The van der Waals surface area contributed by atoms with Crippen molar-refractivity contribution in [3.05, 3.63) is 16.5 Å². The maximum absolute atomic E-state index is 5.95. The molecule has 3 nitrogen and oxygen atoms in total. The first kappa shape index (κ1) is 9.55. The molecule has 68 valence electrons. The lowest BCUT2D eigenvalue weighted by Crippen LogP contribution is -2.33. The Morgan fingerprint density at radius 3 is 2.33 bits per heavy atom. The third-order valence-corrected chi connectivity index (χ3v) is 1.96. The van der Waals surface area contributed by atoms with Crippen LogP contribution >= 0.6 is 11.6 Å². The molecule has 1 aromatic heterocycles. The third-order valence-electron chi connectivity index (χ3n) is 1.47. The van der Waals surface area contributed by atoms with Crippen molar-refractivity contribution in [2.45, 2.75) is 13.5 Å². The summed E-state index contributed by atoms with van der Waals surface area (Å²) >= 11 is 5.95. The molecule has 12 heavy (non-hydrogen) atoms. The summed E-state index contributed by atoms with van der Waals surface area (Å²) in [5.41, 5.74) is 0.764. The molecule has 0 aromatic carbocycles. The van der Waals surface area contributed by atoms with E-state index in [-0.39, 0.29) is 0 Å². The van der Waals surface area contributed by atoms with E-state index in [0.29, 0.717) is 5.02 Å². The van der Waals surface area contributed by atoms with Crippen molar-refractivity contribution in [2.75, 3.05) is 21.1 Å². The second-order valence-electron chi connectivity index (χ2n) is 3.95. The van der Waals surface area contributed by atoms with Crippen LogP contribution < -0.4 is 0 Å². The lowest BCUT2D eigenvalue weighted by atomic mass is 10.3. The van der Waals surface area contributed by atoms with Crippen LogP contribution in [0.15, 0.2) is 4.52 Å². The lowest BCUT2D eigenvalue weighted by molar-refractivity contribution is -0.885. The number of hydrogen-bond donors (Lipinski definition) is 0. The molecule has 0 atom stereocenters. The van der Waals surface area contributed by atoms with Crippen LogP contribution in [-0.2, 0) is 6.54 Å². The Hall–Kier alpha value is -0.540. The second-order valence-corrected chi connectivity index (χ2v) is 4.33.